The van der Waals surface area contributed by atoms with Crippen LogP contribution in [0.25, 0.3) is 102 Å². The zero-order valence-corrected chi connectivity index (χ0v) is 43.7. The third-order valence-corrected chi connectivity index (χ3v) is 17.4. The van der Waals surface area contributed by atoms with Gasteiger partial charge in [0.2, 0.25) is 0 Å². The Bertz CT molecular complexity index is 4600. The van der Waals surface area contributed by atoms with Crippen LogP contribution in [0, 0.1) is 0 Å². The molecule has 5 aliphatic carbocycles. The van der Waals surface area contributed by atoms with Crippen LogP contribution in [0.4, 0.5) is 0 Å². The first-order valence-electron chi connectivity index (χ1n) is 27.7. The smallest absolute Gasteiger partial charge is 0.164 e. The molecule has 6 nitrogen and oxygen atoms in total. The van der Waals surface area contributed by atoms with E-state index in [0.717, 1.165) is 44.5 Å². The van der Waals surface area contributed by atoms with E-state index in [1.165, 1.54) is 77.9 Å². The van der Waals surface area contributed by atoms with Crippen molar-refractivity contribution in [2.45, 2.75) is 17.3 Å². The summed E-state index contributed by atoms with van der Waals surface area (Å²) in [6, 6.07) is 95.9. The van der Waals surface area contributed by atoms with Crippen LogP contribution in [0.3, 0.4) is 0 Å². The minimum absolute atomic E-state index is 0.000319. The average Bonchev–Trinajstić information content (AvgIpc) is 3.70. The number of hydrogen-bond donors (Lipinski definition) is 0. The van der Waals surface area contributed by atoms with E-state index in [1.807, 2.05) is 54.6 Å². The van der Waals surface area contributed by atoms with Crippen LogP contribution in [0.1, 0.15) is 67.5 Å². The third kappa shape index (κ3) is 6.87. The Labute approximate surface area is 469 Å². The highest BCUT2D eigenvalue weighted by Gasteiger charge is 2.51. The Balaban J connectivity index is 0.771. The van der Waals surface area contributed by atoms with Crippen molar-refractivity contribution < 1.29 is 0 Å². The molecule has 2 unspecified atom stereocenters. The van der Waals surface area contributed by atoms with Crippen molar-refractivity contribution in [1.82, 2.24) is 29.9 Å². The Morgan fingerprint density at radius 3 is 0.951 bits per heavy atom. The maximum absolute atomic E-state index is 5.39. The fourth-order valence-electron chi connectivity index (χ4n) is 13.9. The van der Waals surface area contributed by atoms with E-state index < -0.39 is 5.41 Å². The van der Waals surface area contributed by atoms with E-state index in [0.29, 0.717) is 34.9 Å². The molecule has 2 bridgehead atoms. The van der Waals surface area contributed by atoms with Gasteiger partial charge in [-0.15, -0.1) is 0 Å². The summed E-state index contributed by atoms with van der Waals surface area (Å²) in [7, 11) is 0. The Morgan fingerprint density at radius 1 is 0.198 bits per heavy atom. The van der Waals surface area contributed by atoms with Gasteiger partial charge in [-0.1, -0.05) is 243 Å². The number of rotatable bonds is 7. The van der Waals surface area contributed by atoms with Gasteiger partial charge < -0.3 is 0 Å². The van der Waals surface area contributed by atoms with Crippen molar-refractivity contribution >= 4 is 0 Å². The molecule has 0 fully saturated rings. The maximum atomic E-state index is 5.39. The van der Waals surface area contributed by atoms with Gasteiger partial charge >= 0.3 is 0 Å². The van der Waals surface area contributed by atoms with Gasteiger partial charge in [-0.2, -0.15) is 0 Å². The van der Waals surface area contributed by atoms with E-state index in [-0.39, 0.29) is 11.8 Å². The van der Waals surface area contributed by atoms with Crippen molar-refractivity contribution in [1.29, 1.82) is 0 Å². The van der Waals surface area contributed by atoms with E-state index in [4.69, 9.17) is 29.9 Å². The molecule has 0 radical (unpaired) electrons. The molecule has 0 amide bonds. The van der Waals surface area contributed by atoms with Crippen molar-refractivity contribution in [3.63, 3.8) is 0 Å². The molecule has 2 aromatic heterocycles. The summed E-state index contributed by atoms with van der Waals surface area (Å²) >= 11 is 0. The van der Waals surface area contributed by atoms with Crippen LogP contribution in [-0.4, -0.2) is 29.9 Å². The van der Waals surface area contributed by atoms with E-state index in [9.17, 15) is 0 Å². The molecule has 1 spiro atoms. The van der Waals surface area contributed by atoms with Crippen LogP contribution >= 0.6 is 0 Å². The monoisotopic (exact) mass is 1030 g/mol. The van der Waals surface area contributed by atoms with Gasteiger partial charge in [-0.25, -0.2) is 29.9 Å². The first kappa shape index (κ1) is 45.5. The first-order chi connectivity index (χ1) is 40.1. The van der Waals surface area contributed by atoms with Crippen molar-refractivity contribution in [2.75, 3.05) is 0 Å². The molecule has 0 aliphatic heterocycles. The van der Waals surface area contributed by atoms with Crippen molar-refractivity contribution in [3.8, 4) is 102 Å². The molecule has 2 heterocycles. The summed E-state index contributed by atoms with van der Waals surface area (Å²) in [6.45, 7) is 0. The van der Waals surface area contributed by atoms with Crippen LogP contribution in [0.15, 0.2) is 267 Å². The maximum Gasteiger partial charge on any atom is 0.164 e. The Morgan fingerprint density at radius 2 is 0.506 bits per heavy atom. The molecular formula is C75H46N6. The van der Waals surface area contributed by atoms with Gasteiger partial charge in [0.25, 0.3) is 0 Å². The second-order valence-corrected chi connectivity index (χ2v) is 21.6. The minimum Gasteiger partial charge on any atom is -0.208 e. The van der Waals surface area contributed by atoms with E-state index in [2.05, 4.69) is 212 Å². The molecule has 0 saturated heterocycles. The molecule has 13 aromatic rings. The van der Waals surface area contributed by atoms with Gasteiger partial charge in [0, 0.05) is 45.2 Å². The van der Waals surface area contributed by atoms with Crippen LogP contribution < -0.4 is 0 Å². The second-order valence-electron chi connectivity index (χ2n) is 21.6. The van der Waals surface area contributed by atoms with Gasteiger partial charge in [0.15, 0.2) is 34.9 Å². The molecule has 11 aromatic carbocycles. The summed E-state index contributed by atoms with van der Waals surface area (Å²) in [5, 5.41) is 0. The zero-order chi connectivity index (χ0) is 53.2. The van der Waals surface area contributed by atoms with Gasteiger partial charge in [0.05, 0.1) is 5.41 Å². The average molecular weight is 1030 g/mol. The lowest BCUT2D eigenvalue weighted by Crippen LogP contribution is -2.27. The van der Waals surface area contributed by atoms with E-state index >= 15 is 0 Å². The van der Waals surface area contributed by atoms with Crippen molar-refractivity contribution in [3.05, 3.63) is 323 Å². The number of fused-ring (bicyclic) bond motifs is 10. The van der Waals surface area contributed by atoms with Crippen LogP contribution in [0.5, 0.6) is 0 Å². The lowest BCUT2D eigenvalue weighted by molar-refractivity contribution is 0.754. The topological polar surface area (TPSA) is 77.3 Å². The first-order valence-corrected chi connectivity index (χ1v) is 27.7. The lowest BCUT2D eigenvalue weighted by atomic mass is 9.61. The number of nitrogens with zero attached hydrogens (tertiary/aromatic N) is 6. The van der Waals surface area contributed by atoms with Crippen LogP contribution in [-0.2, 0) is 5.41 Å². The largest absolute Gasteiger partial charge is 0.208 e. The molecule has 0 saturated carbocycles. The summed E-state index contributed by atoms with van der Waals surface area (Å²) in [5.74, 6) is 3.83. The number of hydrogen-bond acceptors (Lipinski definition) is 6. The number of aromatic nitrogens is 6. The molecule has 6 heteroatoms. The second kappa shape index (κ2) is 17.7. The van der Waals surface area contributed by atoms with Gasteiger partial charge in [-0.3, -0.25) is 0 Å². The Hall–Kier alpha value is -10.6. The molecule has 0 N–H and O–H groups in total. The zero-order valence-electron chi connectivity index (χ0n) is 43.7. The third-order valence-electron chi connectivity index (χ3n) is 17.4. The molecule has 81 heavy (non-hydrogen) atoms. The Kier molecular flexibility index (Phi) is 9.95. The molecular weight excluding hydrogens is 985 g/mol. The standard InChI is InChI=1S/C75H46N6/c1-4-19-45(20-5-1)69-76-70(46-21-6-2-7-22-46)79-73(78-69)51-36-39-59-61(42-51)67-57-30-10-11-31-58(57)68(59)62-43-52(37-40-60(62)67)74-80-71(47-23-8-3-9-24-47)77-72(81-74)50-26-18-25-48(41-50)49-35-38-56-55-29-14-17-34-65(55)75(66(56)44-49)63-32-15-12-27-53(63)54-28-13-16-33-64(54)75/h1-44,67-68H. The molecule has 376 valence electrons. The minimum atomic E-state index is -0.433. The summed E-state index contributed by atoms with van der Waals surface area (Å²) in [5.41, 5.74) is 25.7. The van der Waals surface area contributed by atoms with E-state index in [1.54, 1.807) is 0 Å². The van der Waals surface area contributed by atoms with Crippen molar-refractivity contribution in [2.24, 2.45) is 0 Å². The summed E-state index contributed by atoms with van der Waals surface area (Å²) in [4.78, 5) is 31.2. The normalized spacial score (nSPS) is 15.0. The highest BCUT2D eigenvalue weighted by atomic mass is 15.0. The summed E-state index contributed by atoms with van der Waals surface area (Å²) < 4.78 is 0. The highest BCUT2D eigenvalue weighted by Crippen LogP contribution is 2.63. The van der Waals surface area contributed by atoms with Gasteiger partial charge in [-0.05, 0) is 113 Å². The quantitative estimate of drug-likeness (QED) is 0.158. The highest BCUT2D eigenvalue weighted by molar-refractivity contribution is 5.96. The SMILES string of the molecule is c1ccc(-c2nc(-c3ccccc3)nc(-c3ccc4c(c3)C3c5ccccc5C4c4cc(-c5nc(-c6ccccc6)nc(-c6cccc(-c7ccc8c(c7)C7(c9ccccc9-c9ccccc97)c7ccccc7-8)c6)n5)ccc43)n2)cc1. The predicted molar refractivity (Wildman–Crippen MR) is 322 cm³/mol. The lowest BCUT2D eigenvalue weighted by Gasteiger charge is -2.42. The summed E-state index contributed by atoms with van der Waals surface area (Å²) in [6.07, 6.45) is 0. The predicted octanol–water partition coefficient (Wildman–Crippen LogP) is 17.1. The molecule has 18 rings (SSSR count). The number of benzene rings is 11. The fraction of sp³-hybridized carbons (Fsp3) is 0.0400. The fourth-order valence-corrected chi connectivity index (χ4v) is 13.9. The van der Waals surface area contributed by atoms with Crippen LogP contribution in [0.2, 0.25) is 0 Å². The molecule has 5 aliphatic rings. The van der Waals surface area contributed by atoms with Gasteiger partial charge in [0.1, 0.15) is 0 Å². The molecule has 2 atom stereocenters.